The van der Waals surface area contributed by atoms with E-state index in [1.54, 1.807) is 4.52 Å². The second-order valence-electron chi connectivity index (χ2n) is 4.15. The number of rotatable bonds is 3. The number of H-pyrrole nitrogens is 1. The number of aryl methyl sites for hydroxylation is 2. The summed E-state index contributed by atoms with van der Waals surface area (Å²) in [6.07, 6.45) is 0.852. The number of ether oxygens (including phenoxy) is 1. The number of esters is 1. The van der Waals surface area contributed by atoms with Crippen LogP contribution in [0.25, 0.3) is 5.65 Å². The van der Waals surface area contributed by atoms with Gasteiger partial charge < -0.3 is 4.74 Å². The molecule has 0 fully saturated rings. The monoisotopic (exact) mass is 249 g/mol. The number of aromatic amines is 1. The third kappa shape index (κ3) is 2.13. The quantitative estimate of drug-likeness (QED) is 0.814. The van der Waals surface area contributed by atoms with E-state index < -0.39 is 0 Å². The molecule has 96 valence electrons. The maximum atomic E-state index is 11.3. The molecule has 2 heterocycles. The fourth-order valence-corrected chi connectivity index (χ4v) is 2.05. The molecular formula is C12H15N3O3. The zero-order valence-electron chi connectivity index (χ0n) is 10.6. The Labute approximate surface area is 104 Å². The third-order valence-electron chi connectivity index (χ3n) is 3.01. The zero-order chi connectivity index (χ0) is 13.3. The van der Waals surface area contributed by atoms with Gasteiger partial charge in [0.15, 0.2) is 5.65 Å². The minimum atomic E-state index is -0.255. The molecular weight excluding hydrogens is 234 g/mol. The van der Waals surface area contributed by atoms with E-state index in [0.29, 0.717) is 18.5 Å². The van der Waals surface area contributed by atoms with Gasteiger partial charge in [0.25, 0.3) is 5.56 Å². The Morgan fingerprint density at radius 2 is 2.22 bits per heavy atom. The van der Waals surface area contributed by atoms with Crippen LogP contribution < -0.4 is 5.56 Å². The molecule has 6 nitrogen and oxygen atoms in total. The van der Waals surface area contributed by atoms with Gasteiger partial charge in [-0.1, -0.05) is 0 Å². The fourth-order valence-electron chi connectivity index (χ4n) is 2.05. The van der Waals surface area contributed by atoms with Crippen molar-refractivity contribution in [1.29, 1.82) is 0 Å². The number of nitrogens with one attached hydrogen (secondary N) is 1. The van der Waals surface area contributed by atoms with E-state index in [4.69, 9.17) is 0 Å². The molecule has 0 amide bonds. The second-order valence-corrected chi connectivity index (χ2v) is 4.15. The molecule has 0 radical (unpaired) electrons. The Morgan fingerprint density at radius 3 is 2.89 bits per heavy atom. The molecule has 0 bridgehead atoms. The van der Waals surface area contributed by atoms with Crippen molar-refractivity contribution in [1.82, 2.24) is 14.6 Å². The maximum Gasteiger partial charge on any atom is 0.305 e. The van der Waals surface area contributed by atoms with Gasteiger partial charge in [-0.15, -0.1) is 0 Å². The molecule has 18 heavy (non-hydrogen) atoms. The Hall–Kier alpha value is -2.11. The highest BCUT2D eigenvalue weighted by Crippen LogP contribution is 2.15. The van der Waals surface area contributed by atoms with Gasteiger partial charge in [0.05, 0.1) is 7.11 Å². The highest BCUT2D eigenvalue weighted by Gasteiger charge is 2.12. The SMILES string of the molecule is COC(=O)CCc1c(C)nc2cc(=O)[nH]n2c1C. The molecule has 1 N–H and O–H groups in total. The van der Waals surface area contributed by atoms with Crippen LogP contribution in [0.1, 0.15) is 23.4 Å². The molecule has 0 aromatic carbocycles. The van der Waals surface area contributed by atoms with E-state index in [9.17, 15) is 9.59 Å². The van der Waals surface area contributed by atoms with Crippen molar-refractivity contribution in [2.45, 2.75) is 26.7 Å². The Bertz CT molecular complexity index is 654. The summed E-state index contributed by atoms with van der Waals surface area (Å²) < 4.78 is 6.26. The molecule has 0 aliphatic carbocycles. The second kappa shape index (κ2) is 4.64. The lowest BCUT2D eigenvalue weighted by Crippen LogP contribution is -2.09. The van der Waals surface area contributed by atoms with Crippen LogP contribution in [0.4, 0.5) is 0 Å². The van der Waals surface area contributed by atoms with Crippen LogP contribution in [0.3, 0.4) is 0 Å². The van der Waals surface area contributed by atoms with Crippen molar-refractivity contribution in [3.63, 3.8) is 0 Å². The van der Waals surface area contributed by atoms with E-state index >= 15 is 0 Å². The summed E-state index contributed by atoms with van der Waals surface area (Å²) in [6.45, 7) is 3.77. The predicted molar refractivity (Wildman–Crippen MR) is 65.6 cm³/mol. The summed E-state index contributed by atoms with van der Waals surface area (Å²) >= 11 is 0. The van der Waals surface area contributed by atoms with Gasteiger partial charge in [-0.3, -0.25) is 14.7 Å². The van der Waals surface area contributed by atoms with E-state index in [0.717, 1.165) is 17.0 Å². The molecule has 2 rings (SSSR count). The molecule has 0 saturated heterocycles. The number of aromatic nitrogens is 3. The summed E-state index contributed by atoms with van der Waals surface area (Å²) in [5.41, 5.74) is 3.09. The Balaban J connectivity index is 2.43. The van der Waals surface area contributed by atoms with Crippen LogP contribution in [-0.4, -0.2) is 27.7 Å². The van der Waals surface area contributed by atoms with Gasteiger partial charge in [0, 0.05) is 23.9 Å². The topological polar surface area (TPSA) is 76.5 Å². The first-order valence-corrected chi connectivity index (χ1v) is 5.67. The summed E-state index contributed by atoms with van der Waals surface area (Å²) in [5.74, 6) is -0.255. The first-order valence-electron chi connectivity index (χ1n) is 5.67. The zero-order valence-corrected chi connectivity index (χ0v) is 10.6. The van der Waals surface area contributed by atoms with E-state index in [1.807, 2.05) is 13.8 Å². The van der Waals surface area contributed by atoms with Gasteiger partial charge in [-0.25, -0.2) is 9.50 Å². The van der Waals surface area contributed by atoms with Crippen molar-refractivity contribution in [2.75, 3.05) is 7.11 Å². The minimum absolute atomic E-state index is 0.185. The lowest BCUT2D eigenvalue weighted by molar-refractivity contribution is -0.140. The highest BCUT2D eigenvalue weighted by molar-refractivity contribution is 5.69. The number of hydrogen-bond acceptors (Lipinski definition) is 4. The van der Waals surface area contributed by atoms with Crippen LogP contribution in [0, 0.1) is 13.8 Å². The summed E-state index contributed by atoms with van der Waals surface area (Å²) in [7, 11) is 1.37. The number of carbonyl (C=O) groups is 1. The molecule has 0 saturated carbocycles. The highest BCUT2D eigenvalue weighted by atomic mass is 16.5. The summed E-state index contributed by atoms with van der Waals surface area (Å²) in [4.78, 5) is 26.8. The molecule has 0 atom stereocenters. The van der Waals surface area contributed by atoms with Gasteiger partial charge in [0.2, 0.25) is 0 Å². The molecule has 0 spiro atoms. The van der Waals surface area contributed by atoms with Crippen LogP contribution in [0.15, 0.2) is 10.9 Å². The number of nitrogens with zero attached hydrogens (tertiary/aromatic N) is 2. The predicted octanol–water partition coefficient (Wildman–Crippen LogP) is 0.745. The largest absolute Gasteiger partial charge is 0.469 e. The fraction of sp³-hybridized carbons (Fsp3) is 0.417. The molecule has 0 aliphatic rings. The Morgan fingerprint density at radius 1 is 1.50 bits per heavy atom. The van der Waals surface area contributed by atoms with Crippen LogP contribution in [0.5, 0.6) is 0 Å². The normalized spacial score (nSPS) is 10.8. The Kier molecular flexibility index (Phi) is 3.18. The third-order valence-corrected chi connectivity index (χ3v) is 3.01. The number of fused-ring (bicyclic) bond motifs is 1. The first kappa shape index (κ1) is 12.3. The number of methoxy groups -OCH3 is 1. The smallest absolute Gasteiger partial charge is 0.305 e. The van der Waals surface area contributed by atoms with E-state index in [1.165, 1.54) is 13.2 Å². The molecule has 0 unspecified atom stereocenters. The summed E-state index contributed by atoms with van der Waals surface area (Å²) in [6, 6.07) is 1.45. The van der Waals surface area contributed by atoms with Crippen molar-refractivity contribution in [2.24, 2.45) is 0 Å². The van der Waals surface area contributed by atoms with Crippen molar-refractivity contribution in [3.05, 3.63) is 33.4 Å². The number of carbonyl (C=O) groups excluding carboxylic acids is 1. The number of hydrogen-bond donors (Lipinski definition) is 1. The van der Waals surface area contributed by atoms with Crippen LogP contribution >= 0.6 is 0 Å². The lowest BCUT2D eigenvalue weighted by atomic mass is 10.1. The molecule has 2 aromatic heterocycles. The van der Waals surface area contributed by atoms with Crippen molar-refractivity contribution in [3.8, 4) is 0 Å². The van der Waals surface area contributed by atoms with Gasteiger partial charge in [-0.05, 0) is 25.8 Å². The van der Waals surface area contributed by atoms with Gasteiger partial charge in [0.1, 0.15) is 0 Å². The van der Waals surface area contributed by atoms with Gasteiger partial charge >= 0.3 is 5.97 Å². The van der Waals surface area contributed by atoms with Crippen molar-refractivity contribution < 1.29 is 9.53 Å². The van der Waals surface area contributed by atoms with Crippen LogP contribution in [-0.2, 0) is 16.0 Å². The lowest BCUT2D eigenvalue weighted by Gasteiger charge is -2.10. The van der Waals surface area contributed by atoms with E-state index in [2.05, 4.69) is 14.8 Å². The first-order chi connectivity index (χ1) is 8.52. The molecule has 2 aromatic rings. The van der Waals surface area contributed by atoms with Crippen LogP contribution in [0.2, 0.25) is 0 Å². The maximum absolute atomic E-state index is 11.3. The molecule has 0 aliphatic heterocycles. The van der Waals surface area contributed by atoms with Gasteiger partial charge in [-0.2, -0.15) is 0 Å². The molecule has 6 heteroatoms. The van der Waals surface area contributed by atoms with E-state index in [-0.39, 0.29) is 11.5 Å². The average Bonchev–Trinajstić information content (AvgIpc) is 2.69. The standard InChI is InChI=1S/C12H15N3O3/c1-7-9(4-5-12(17)18-3)8(2)15-10(13-7)6-11(16)14-15/h6H,4-5H2,1-3H3,(H,14,16). The summed E-state index contributed by atoms with van der Waals surface area (Å²) in [5, 5.41) is 2.68. The minimum Gasteiger partial charge on any atom is -0.469 e. The average molecular weight is 249 g/mol. The van der Waals surface area contributed by atoms with Crippen molar-refractivity contribution >= 4 is 11.6 Å².